The number of carbonyl (C=O) groups excluding carboxylic acids is 1. The molecule has 1 aliphatic rings. The van der Waals surface area contributed by atoms with E-state index in [1.807, 2.05) is 11.8 Å². The van der Waals surface area contributed by atoms with Crippen LogP contribution in [0.2, 0.25) is 0 Å². The number of rotatable bonds is 1. The summed E-state index contributed by atoms with van der Waals surface area (Å²) in [7, 11) is 0. The van der Waals surface area contributed by atoms with Crippen molar-refractivity contribution in [3.05, 3.63) is 0 Å². The van der Waals surface area contributed by atoms with Crippen molar-refractivity contribution in [1.29, 1.82) is 0 Å². The third-order valence-corrected chi connectivity index (χ3v) is 3.63. The maximum atomic E-state index is 11.8. The van der Waals surface area contributed by atoms with E-state index in [0.717, 1.165) is 25.9 Å². The summed E-state index contributed by atoms with van der Waals surface area (Å²) in [6.45, 7) is 5.85. The van der Waals surface area contributed by atoms with Crippen LogP contribution in [0.1, 0.15) is 33.1 Å². The Morgan fingerprint density at radius 3 is 2.85 bits per heavy atom. The standard InChI is InChI=1S/C9H17IN2O/c1-3-12(10)9(13)11-7-5-4-6-8(11)2/h8H,3-7H2,1-2H3. The Bertz CT molecular complexity index is 186. The first kappa shape index (κ1) is 11.1. The smallest absolute Gasteiger partial charge is 0.321 e. The summed E-state index contributed by atoms with van der Waals surface area (Å²) in [6.07, 6.45) is 3.57. The van der Waals surface area contributed by atoms with Gasteiger partial charge in [-0.2, -0.15) is 0 Å². The Labute approximate surface area is 94.0 Å². The molecule has 0 saturated carbocycles. The van der Waals surface area contributed by atoms with E-state index in [-0.39, 0.29) is 6.03 Å². The molecule has 0 aromatic rings. The molecule has 0 radical (unpaired) electrons. The molecule has 1 atom stereocenters. The van der Waals surface area contributed by atoms with E-state index >= 15 is 0 Å². The van der Waals surface area contributed by atoms with Gasteiger partial charge in [-0.25, -0.2) is 4.79 Å². The van der Waals surface area contributed by atoms with Gasteiger partial charge in [-0.1, -0.05) is 0 Å². The van der Waals surface area contributed by atoms with Crippen LogP contribution < -0.4 is 0 Å². The molecule has 2 amide bonds. The van der Waals surface area contributed by atoms with Crippen molar-refractivity contribution in [2.75, 3.05) is 13.1 Å². The predicted octanol–water partition coefficient (Wildman–Crippen LogP) is 2.65. The van der Waals surface area contributed by atoms with E-state index in [4.69, 9.17) is 0 Å². The van der Waals surface area contributed by atoms with Crippen LogP contribution in [-0.4, -0.2) is 33.2 Å². The summed E-state index contributed by atoms with van der Waals surface area (Å²) in [4.78, 5) is 13.8. The molecule has 1 aliphatic heterocycles. The zero-order valence-corrected chi connectivity index (χ0v) is 10.5. The Kier molecular flexibility index (Phi) is 4.28. The quantitative estimate of drug-likeness (QED) is 0.539. The third kappa shape index (κ3) is 2.72. The van der Waals surface area contributed by atoms with Crippen molar-refractivity contribution in [2.45, 2.75) is 39.2 Å². The van der Waals surface area contributed by atoms with Crippen molar-refractivity contribution in [3.8, 4) is 0 Å². The fraction of sp³-hybridized carbons (Fsp3) is 0.889. The largest absolute Gasteiger partial charge is 0.329 e. The van der Waals surface area contributed by atoms with Gasteiger partial charge in [0.25, 0.3) is 0 Å². The van der Waals surface area contributed by atoms with Gasteiger partial charge in [-0.05, 0) is 33.1 Å². The molecule has 1 saturated heterocycles. The molecule has 0 N–H and O–H groups in total. The van der Waals surface area contributed by atoms with E-state index in [9.17, 15) is 4.79 Å². The molecule has 1 rings (SSSR count). The third-order valence-electron chi connectivity index (χ3n) is 2.53. The van der Waals surface area contributed by atoms with Gasteiger partial charge in [0.1, 0.15) is 0 Å². The Balaban J connectivity index is 2.53. The number of halogens is 1. The maximum absolute atomic E-state index is 11.8. The number of carbonyl (C=O) groups is 1. The molecule has 1 fully saturated rings. The van der Waals surface area contributed by atoms with Gasteiger partial charge in [0, 0.05) is 19.1 Å². The highest BCUT2D eigenvalue weighted by atomic mass is 127. The first-order valence-corrected chi connectivity index (χ1v) is 5.87. The number of hydrogen-bond donors (Lipinski definition) is 0. The Morgan fingerprint density at radius 1 is 1.62 bits per heavy atom. The van der Waals surface area contributed by atoms with Crippen LogP contribution in [0, 0.1) is 0 Å². The summed E-state index contributed by atoms with van der Waals surface area (Å²) >= 11 is 2.09. The normalized spacial score (nSPS) is 23.0. The first-order chi connectivity index (χ1) is 6.16. The van der Waals surface area contributed by atoms with Gasteiger partial charge >= 0.3 is 6.03 Å². The van der Waals surface area contributed by atoms with Gasteiger partial charge in [0.05, 0.1) is 22.9 Å². The fourth-order valence-corrected chi connectivity index (χ4v) is 1.93. The summed E-state index contributed by atoms with van der Waals surface area (Å²) in [5.74, 6) is 0. The summed E-state index contributed by atoms with van der Waals surface area (Å²) in [6, 6.07) is 0.598. The summed E-state index contributed by atoms with van der Waals surface area (Å²) in [5.41, 5.74) is 0. The van der Waals surface area contributed by atoms with Crippen LogP contribution >= 0.6 is 22.9 Å². The van der Waals surface area contributed by atoms with Gasteiger partial charge in [-0.3, -0.25) is 3.11 Å². The minimum atomic E-state index is 0.176. The minimum absolute atomic E-state index is 0.176. The molecule has 76 valence electrons. The van der Waals surface area contributed by atoms with E-state index in [1.54, 1.807) is 3.11 Å². The van der Waals surface area contributed by atoms with Crippen molar-refractivity contribution in [2.24, 2.45) is 0 Å². The molecule has 0 aromatic carbocycles. The number of likely N-dealkylation sites (tertiary alicyclic amines) is 1. The zero-order valence-electron chi connectivity index (χ0n) is 8.29. The lowest BCUT2D eigenvalue weighted by molar-refractivity contribution is 0.147. The van der Waals surface area contributed by atoms with Crippen molar-refractivity contribution in [1.82, 2.24) is 8.01 Å². The molecule has 1 heterocycles. The van der Waals surface area contributed by atoms with Crippen molar-refractivity contribution in [3.63, 3.8) is 0 Å². The fourth-order valence-electron chi connectivity index (χ4n) is 1.66. The van der Waals surface area contributed by atoms with Gasteiger partial charge in [0.2, 0.25) is 0 Å². The summed E-state index contributed by atoms with van der Waals surface area (Å²) < 4.78 is 1.75. The molecular formula is C9H17IN2O. The zero-order chi connectivity index (χ0) is 9.84. The topological polar surface area (TPSA) is 23.6 Å². The van der Waals surface area contributed by atoms with Crippen LogP contribution in [0.25, 0.3) is 0 Å². The second-order valence-corrected chi connectivity index (χ2v) is 4.66. The second-order valence-electron chi connectivity index (χ2n) is 3.50. The van der Waals surface area contributed by atoms with Crippen LogP contribution in [0.4, 0.5) is 4.79 Å². The average molecular weight is 296 g/mol. The lowest BCUT2D eigenvalue weighted by Gasteiger charge is -2.35. The van der Waals surface area contributed by atoms with Crippen LogP contribution in [0.5, 0.6) is 0 Å². The molecule has 4 heteroatoms. The number of piperidine rings is 1. The van der Waals surface area contributed by atoms with E-state index < -0.39 is 0 Å². The lowest BCUT2D eigenvalue weighted by Crippen LogP contribution is -2.46. The van der Waals surface area contributed by atoms with Crippen LogP contribution in [0.3, 0.4) is 0 Å². The highest BCUT2D eigenvalue weighted by molar-refractivity contribution is 14.1. The SMILES string of the molecule is CCN(I)C(=O)N1CCCCC1C. The average Bonchev–Trinajstić information content (AvgIpc) is 2.16. The second kappa shape index (κ2) is 5.02. The van der Waals surface area contributed by atoms with E-state index in [2.05, 4.69) is 29.8 Å². The van der Waals surface area contributed by atoms with Crippen LogP contribution in [0.15, 0.2) is 0 Å². The first-order valence-electron chi connectivity index (χ1n) is 4.90. The Morgan fingerprint density at radius 2 is 2.31 bits per heavy atom. The molecular weight excluding hydrogens is 279 g/mol. The Hall–Kier alpha value is 0. The monoisotopic (exact) mass is 296 g/mol. The maximum Gasteiger partial charge on any atom is 0.329 e. The van der Waals surface area contributed by atoms with Gasteiger partial charge in [0.15, 0.2) is 0 Å². The van der Waals surface area contributed by atoms with Gasteiger partial charge in [-0.15, -0.1) is 0 Å². The molecule has 0 spiro atoms. The molecule has 0 aromatic heterocycles. The molecule has 3 nitrogen and oxygen atoms in total. The lowest BCUT2D eigenvalue weighted by atomic mass is 10.0. The molecule has 13 heavy (non-hydrogen) atoms. The van der Waals surface area contributed by atoms with Crippen molar-refractivity contribution < 1.29 is 4.79 Å². The van der Waals surface area contributed by atoms with Gasteiger partial charge < -0.3 is 4.90 Å². The number of nitrogens with zero attached hydrogens (tertiary/aromatic N) is 2. The molecule has 0 bridgehead atoms. The summed E-state index contributed by atoms with van der Waals surface area (Å²) in [5, 5.41) is 0. The molecule has 1 unspecified atom stereocenters. The highest BCUT2D eigenvalue weighted by Crippen LogP contribution is 2.19. The minimum Gasteiger partial charge on any atom is -0.321 e. The number of amides is 2. The van der Waals surface area contributed by atoms with Crippen molar-refractivity contribution >= 4 is 28.9 Å². The number of urea groups is 1. The number of hydrogen-bond acceptors (Lipinski definition) is 1. The van der Waals surface area contributed by atoms with E-state index in [0.29, 0.717) is 6.04 Å². The predicted molar refractivity (Wildman–Crippen MR) is 61.8 cm³/mol. The highest BCUT2D eigenvalue weighted by Gasteiger charge is 2.25. The van der Waals surface area contributed by atoms with E-state index in [1.165, 1.54) is 6.42 Å². The van der Waals surface area contributed by atoms with Crippen LogP contribution in [-0.2, 0) is 0 Å². The molecule has 0 aliphatic carbocycles.